The van der Waals surface area contributed by atoms with Crippen LogP contribution in [0.15, 0.2) is 103 Å². The van der Waals surface area contributed by atoms with Crippen molar-refractivity contribution in [2.75, 3.05) is 0 Å². The summed E-state index contributed by atoms with van der Waals surface area (Å²) < 4.78 is 0. The molecule has 0 atom stereocenters. The predicted octanol–water partition coefficient (Wildman–Crippen LogP) is 6.65. The summed E-state index contributed by atoms with van der Waals surface area (Å²) in [5.74, 6) is 0. The molecule has 4 aromatic carbocycles. The molecule has 5 aromatic rings. The third-order valence-electron chi connectivity index (χ3n) is 5.10. The number of hydrogen-bond acceptors (Lipinski definition) is 1. The van der Waals surface area contributed by atoms with Crippen LogP contribution in [0.25, 0.3) is 32.8 Å². The maximum Gasteiger partial charge on any atom is 0.0718 e. The molecule has 0 aliphatic rings. The highest BCUT2D eigenvalue weighted by molar-refractivity contribution is 5.98. The summed E-state index contributed by atoms with van der Waals surface area (Å²) in [5.41, 5.74) is 4.64. The van der Waals surface area contributed by atoms with Gasteiger partial charge in [-0.3, -0.25) is 4.98 Å². The lowest BCUT2D eigenvalue weighted by Crippen LogP contribution is -1.97. The fourth-order valence-electron chi connectivity index (χ4n) is 3.78. The predicted molar refractivity (Wildman–Crippen MR) is 114 cm³/mol. The zero-order valence-corrected chi connectivity index (χ0v) is 15.0. The van der Waals surface area contributed by atoms with E-state index in [0.717, 1.165) is 17.8 Å². The summed E-state index contributed by atoms with van der Waals surface area (Å²) in [6.45, 7) is 0. The van der Waals surface area contributed by atoms with Gasteiger partial charge in [-0.1, -0.05) is 97.1 Å². The van der Waals surface area contributed by atoms with E-state index in [1.54, 1.807) is 0 Å². The summed E-state index contributed by atoms with van der Waals surface area (Å²) in [5, 5.41) is 4.95. The first-order valence-corrected chi connectivity index (χ1v) is 9.29. The summed E-state index contributed by atoms with van der Waals surface area (Å²) in [6.07, 6.45) is 0.833. The molecule has 128 valence electrons. The Morgan fingerprint density at radius 3 is 2.07 bits per heavy atom. The van der Waals surface area contributed by atoms with Crippen LogP contribution < -0.4 is 0 Å². The van der Waals surface area contributed by atoms with E-state index in [0.29, 0.717) is 0 Å². The Morgan fingerprint density at radius 1 is 0.556 bits per heavy atom. The Labute approximate surface area is 158 Å². The van der Waals surface area contributed by atoms with Gasteiger partial charge >= 0.3 is 0 Å². The minimum Gasteiger partial charge on any atom is -0.252 e. The maximum atomic E-state index is 5.12. The molecule has 1 aromatic heterocycles. The lowest BCUT2D eigenvalue weighted by atomic mass is 9.98. The van der Waals surface area contributed by atoms with Crippen LogP contribution in [0.3, 0.4) is 0 Å². The number of pyridine rings is 1. The van der Waals surface area contributed by atoms with E-state index >= 15 is 0 Å². The topological polar surface area (TPSA) is 12.9 Å². The van der Waals surface area contributed by atoms with E-state index in [1.807, 2.05) is 0 Å². The van der Waals surface area contributed by atoms with Gasteiger partial charge in [0.05, 0.1) is 11.4 Å². The number of rotatable bonds is 3. The van der Waals surface area contributed by atoms with Crippen molar-refractivity contribution in [1.82, 2.24) is 4.98 Å². The lowest BCUT2D eigenvalue weighted by molar-refractivity contribution is 1.10. The lowest BCUT2D eigenvalue weighted by Gasteiger charge is -2.12. The third-order valence-corrected chi connectivity index (χ3v) is 5.10. The highest BCUT2D eigenvalue weighted by atomic mass is 14.7. The quantitative estimate of drug-likeness (QED) is 0.357. The monoisotopic (exact) mass is 345 g/mol. The Hall–Kier alpha value is -3.45. The Bertz CT molecular complexity index is 1230. The van der Waals surface area contributed by atoms with E-state index in [9.17, 15) is 0 Å². The summed E-state index contributed by atoms with van der Waals surface area (Å²) in [7, 11) is 0. The highest BCUT2D eigenvalue weighted by Gasteiger charge is 2.10. The average Bonchev–Trinajstić information content (AvgIpc) is 2.74. The molecule has 1 heteroatoms. The number of nitrogens with zero attached hydrogens (tertiary/aromatic N) is 1. The second kappa shape index (κ2) is 6.69. The van der Waals surface area contributed by atoms with E-state index < -0.39 is 0 Å². The average molecular weight is 345 g/mol. The van der Waals surface area contributed by atoms with Gasteiger partial charge < -0.3 is 0 Å². The molecular formula is C26H19N. The van der Waals surface area contributed by atoms with Gasteiger partial charge in [0.2, 0.25) is 0 Å². The molecule has 0 aliphatic heterocycles. The molecule has 0 amide bonds. The Kier molecular flexibility index (Phi) is 3.91. The highest BCUT2D eigenvalue weighted by Crippen LogP contribution is 2.31. The third kappa shape index (κ3) is 2.98. The zero-order valence-electron chi connectivity index (χ0n) is 15.0. The number of benzene rings is 4. The van der Waals surface area contributed by atoms with Crippen LogP contribution >= 0.6 is 0 Å². The molecular weight excluding hydrogens is 326 g/mol. The van der Waals surface area contributed by atoms with Gasteiger partial charge in [-0.2, -0.15) is 0 Å². The SMILES string of the molecule is c1ccc(Cc2nc(-c3cccc4ccccc34)cc3ccccc23)cc1. The van der Waals surface area contributed by atoms with E-state index in [2.05, 4.69) is 103 Å². The van der Waals surface area contributed by atoms with E-state index in [4.69, 9.17) is 4.98 Å². The molecule has 27 heavy (non-hydrogen) atoms. The van der Waals surface area contributed by atoms with Crippen LogP contribution in [0.4, 0.5) is 0 Å². The summed E-state index contributed by atoms with van der Waals surface area (Å²) >= 11 is 0. The van der Waals surface area contributed by atoms with Gasteiger partial charge in [0.15, 0.2) is 0 Å². The molecule has 1 nitrogen and oxygen atoms in total. The molecule has 0 spiro atoms. The minimum absolute atomic E-state index is 0.833. The second-order valence-electron chi connectivity index (χ2n) is 6.86. The molecule has 0 N–H and O–H groups in total. The second-order valence-corrected chi connectivity index (χ2v) is 6.86. The maximum absolute atomic E-state index is 5.12. The van der Waals surface area contributed by atoms with E-state index in [1.165, 1.54) is 32.7 Å². The van der Waals surface area contributed by atoms with Crippen molar-refractivity contribution >= 4 is 21.5 Å². The standard InChI is InChI=1S/C26H19N/c1-2-9-19(10-3-1)17-25-23-15-7-5-12-21(23)18-26(27-25)24-16-8-13-20-11-4-6-14-22(20)24/h1-16,18H,17H2. The fourth-order valence-corrected chi connectivity index (χ4v) is 3.78. The van der Waals surface area contributed by atoms with Crippen LogP contribution in [0.5, 0.6) is 0 Å². The molecule has 0 saturated heterocycles. The molecule has 0 saturated carbocycles. The van der Waals surface area contributed by atoms with Crippen molar-refractivity contribution in [1.29, 1.82) is 0 Å². The van der Waals surface area contributed by atoms with Crippen LogP contribution in [0.1, 0.15) is 11.3 Å². The van der Waals surface area contributed by atoms with Crippen molar-refractivity contribution < 1.29 is 0 Å². The summed E-state index contributed by atoms with van der Waals surface area (Å²) in [6, 6.07) is 36.3. The normalized spacial score (nSPS) is 11.1. The first-order chi connectivity index (χ1) is 13.4. The number of fused-ring (bicyclic) bond motifs is 2. The molecule has 0 unspecified atom stereocenters. The van der Waals surface area contributed by atoms with Crippen LogP contribution in [-0.2, 0) is 6.42 Å². The molecule has 5 rings (SSSR count). The van der Waals surface area contributed by atoms with Gasteiger partial charge in [0.1, 0.15) is 0 Å². The van der Waals surface area contributed by atoms with Gasteiger partial charge in [-0.15, -0.1) is 0 Å². The van der Waals surface area contributed by atoms with Gasteiger partial charge in [0, 0.05) is 17.4 Å². The first-order valence-electron chi connectivity index (χ1n) is 9.29. The van der Waals surface area contributed by atoms with Crippen molar-refractivity contribution in [2.45, 2.75) is 6.42 Å². The van der Waals surface area contributed by atoms with Crippen molar-refractivity contribution in [3.8, 4) is 11.3 Å². The minimum atomic E-state index is 0.833. The molecule has 0 aliphatic carbocycles. The molecule has 0 radical (unpaired) electrons. The number of aromatic nitrogens is 1. The van der Waals surface area contributed by atoms with Crippen molar-refractivity contribution in [3.63, 3.8) is 0 Å². The molecule has 0 bridgehead atoms. The number of hydrogen-bond donors (Lipinski definition) is 0. The summed E-state index contributed by atoms with van der Waals surface area (Å²) in [4.78, 5) is 5.12. The largest absolute Gasteiger partial charge is 0.252 e. The Morgan fingerprint density at radius 2 is 1.22 bits per heavy atom. The molecule has 0 fully saturated rings. The van der Waals surface area contributed by atoms with Crippen molar-refractivity contribution in [3.05, 3.63) is 114 Å². The fraction of sp³-hybridized carbons (Fsp3) is 0.0385. The van der Waals surface area contributed by atoms with Gasteiger partial charge in [0.25, 0.3) is 0 Å². The van der Waals surface area contributed by atoms with Crippen LogP contribution in [-0.4, -0.2) is 4.98 Å². The first kappa shape index (κ1) is 15.8. The molecule has 1 heterocycles. The zero-order chi connectivity index (χ0) is 18.1. The van der Waals surface area contributed by atoms with Gasteiger partial charge in [-0.25, -0.2) is 0 Å². The van der Waals surface area contributed by atoms with Crippen LogP contribution in [0.2, 0.25) is 0 Å². The van der Waals surface area contributed by atoms with Crippen molar-refractivity contribution in [2.24, 2.45) is 0 Å². The Balaban J connectivity index is 1.74. The smallest absolute Gasteiger partial charge is 0.0718 e. The van der Waals surface area contributed by atoms with E-state index in [-0.39, 0.29) is 0 Å². The van der Waals surface area contributed by atoms with Gasteiger partial charge in [-0.05, 0) is 27.8 Å². The van der Waals surface area contributed by atoms with Crippen LogP contribution in [0, 0.1) is 0 Å².